The van der Waals surface area contributed by atoms with Gasteiger partial charge in [0.05, 0.1) is 12.2 Å². The highest BCUT2D eigenvalue weighted by Gasteiger charge is 2.13. The lowest BCUT2D eigenvalue weighted by Gasteiger charge is -2.21. The Hall–Kier alpha value is -0.830. The van der Waals surface area contributed by atoms with Gasteiger partial charge >= 0.3 is 0 Å². The fourth-order valence-corrected chi connectivity index (χ4v) is 2.23. The average Bonchev–Trinajstić information content (AvgIpc) is 2.94. The predicted molar refractivity (Wildman–Crippen MR) is 111 cm³/mol. The van der Waals surface area contributed by atoms with E-state index in [1.165, 1.54) is 0 Å². The van der Waals surface area contributed by atoms with E-state index in [-0.39, 0.29) is 24.0 Å². The fraction of sp³-hybridized carbons (Fsp3) is 0.765. The largest absolute Gasteiger partial charge is 0.361 e. The van der Waals surface area contributed by atoms with Crippen molar-refractivity contribution in [2.24, 2.45) is 4.99 Å². The van der Waals surface area contributed by atoms with Crippen LogP contribution in [0.5, 0.6) is 0 Å². The second-order valence-corrected chi connectivity index (χ2v) is 5.93. The number of likely N-dealkylation sites (N-methyl/N-ethyl adjacent to an activating group) is 1. The highest BCUT2D eigenvalue weighted by molar-refractivity contribution is 14.0. The normalized spacial score (nSPS) is 11.8. The number of hydrogen-bond donors (Lipinski definition) is 2. The van der Waals surface area contributed by atoms with Crippen molar-refractivity contribution in [1.82, 2.24) is 20.7 Å². The van der Waals surface area contributed by atoms with Crippen LogP contribution in [0, 0.1) is 0 Å². The first-order valence-electron chi connectivity index (χ1n) is 8.72. The summed E-state index contributed by atoms with van der Waals surface area (Å²) in [6.45, 7) is 13.9. The summed E-state index contributed by atoms with van der Waals surface area (Å²) in [7, 11) is 2.13. The Bertz CT molecular complexity index is 466. The first-order valence-corrected chi connectivity index (χ1v) is 8.72. The van der Waals surface area contributed by atoms with Gasteiger partial charge in [-0.2, -0.15) is 0 Å². The topological polar surface area (TPSA) is 65.7 Å². The van der Waals surface area contributed by atoms with E-state index >= 15 is 0 Å². The summed E-state index contributed by atoms with van der Waals surface area (Å²) in [5, 5.41) is 10.8. The molecule has 1 aromatic heterocycles. The minimum absolute atomic E-state index is 0. The zero-order chi connectivity index (χ0) is 17.2. The number of rotatable bonds is 9. The standard InChI is InChI=1S/C17H33N5O.HI/c1-7-15-14(16(8-2)23-21-15)12-20-17(18-9-3)19-10-11-22(6)13(4)5;/h13H,7-12H2,1-6H3,(H2,18,19,20);1H. The van der Waals surface area contributed by atoms with Crippen molar-refractivity contribution < 1.29 is 4.52 Å². The maximum absolute atomic E-state index is 5.40. The van der Waals surface area contributed by atoms with E-state index < -0.39 is 0 Å². The van der Waals surface area contributed by atoms with Gasteiger partial charge in [-0.1, -0.05) is 19.0 Å². The minimum atomic E-state index is 0. The van der Waals surface area contributed by atoms with Crippen LogP contribution in [-0.2, 0) is 19.4 Å². The molecule has 0 unspecified atom stereocenters. The number of guanidine groups is 1. The highest BCUT2D eigenvalue weighted by Crippen LogP contribution is 2.16. The maximum atomic E-state index is 5.40. The molecule has 1 rings (SSSR count). The van der Waals surface area contributed by atoms with Crippen LogP contribution in [0.4, 0.5) is 0 Å². The summed E-state index contributed by atoms with van der Waals surface area (Å²) < 4.78 is 5.40. The summed E-state index contributed by atoms with van der Waals surface area (Å²) in [6.07, 6.45) is 1.72. The van der Waals surface area contributed by atoms with Gasteiger partial charge in [-0.3, -0.25) is 0 Å². The van der Waals surface area contributed by atoms with E-state index in [2.05, 4.69) is 62.4 Å². The molecule has 24 heavy (non-hydrogen) atoms. The molecule has 2 N–H and O–H groups in total. The average molecular weight is 451 g/mol. The van der Waals surface area contributed by atoms with Crippen LogP contribution in [0.15, 0.2) is 9.52 Å². The van der Waals surface area contributed by atoms with Crippen LogP contribution < -0.4 is 10.6 Å². The van der Waals surface area contributed by atoms with Crippen LogP contribution in [0.25, 0.3) is 0 Å². The van der Waals surface area contributed by atoms with Crippen LogP contribution >= 0.6 is 24.0 Å². The van der Waals surface area contributed by atoms with Gasteiger partial charge in [0.2, 0.25) is 0 Å². The Labute approximate surface area is 163 Å². The molecule has 0 saturated carbocycles. The zero-order valence-electron chi connectivity index (χ0n) is 16.0. The van der Waals surface area contributed by atoms with Gasteiger partial charge in [0.25, 0.3) is 0 Å². The predicted octanol–water partition coefficient (Wildman–Crippen LogP) is 2.81. The Morgan fingerprint density at radius 1 is 1.21 bits per heavy atom. The quantitative estimate of drug-likeness (QED) is 0.344. The number of nitrogens with zero attached hydrogens (tertiary/aromatic N) is 3. The van der Waals surface area contributed by atoms with E-state index in [1.807, 2.05) is 0 Å². The molecular formula is C17H34IN5O. The molecule has 0 aliphatic rings. The lowest BCUT2D eigenvalue weighted by atomic mass is 10.1. The number of halogens is 1. The fourth-order valence-electron chi connectivity index (χ4n) is 2.23. The van der Waals surface area contributed by atoms with Gasteiger partial charge in [0.1, 0.15) is 5.76 Å². The third kappa shape index (κ3) is 7.38. The molecule has 0 aliphatic carbocycles. The first-order chi connectivity index (χ1) is 11.0. The number of aromatic nitrogens is 1. The van der Waals surface area contributed by atoms with Crippen molar-refractivity contribution >= 4 is 29.9 Å². The number of aliphatic imine (C=N–C) groups is 1. The number of hydrogen-bond acceptors (Lipinski definition) is 4. The Kier molecular flexibility index (Phi) is 12.1. The molecule has 0 radical (unpaired) electrons. The third-order valence-electron chi connectivity index (χ3n) is 3.98. The van der Waals surface area contributed by atoms with Gasteiger partial charge < -0.3 is 20.1 Å². The van der Waals surface area contributed by atoms with Gasteiger partial charge in [0, 0.05) is 37.7 Å². The second kappa shape index (κ2) is 12.5. The molecule has 0 atom stereocenters. The maximum Gasteiger partial charge on any atom is 0.191 e. The third-order valence-corrected chi connectivity index (χ3v) is 3.98. The summed E-state index contributed by atoms with van der Waals surface area (Å²) in [5.74, 6) is 1.79. The van der Waals surface area contributed by atoms with Crippen molar-refractivity contribution in [2.75, 3.05) is 26.7 Å². The van der Waals surface area contributed by atoms with Crippen LogP contribution in [0.2, 0.25) is 0 Å². The van der Waals surface area contributed by atoms with Gasteiger partial charge in [-0.25, -0.2) is 4.99 Å². The molecule has 7 heteroatoms. The monoisotopic (exact) mass is 451 g/mol. The summed E-state index contributed by atoms with van der Waals surface area (Å²) in [4.78, 5) is 7.00. The lowest BCUT2D eigenvalue weighted by molar-refractivity contribution is 0.278. The molecular weight excluding hydrogens is 417 g/mol. The molecule has 0 aromatic carbocycles. The molecule has 0 amide bonds. The Morgan fingerprint density at radius 2 is 1.92 bits per heavy atom. The second-order valence-electron chi connectivity index (χ2n) is 5.93. The van der Waals surface area contributed by atoms with Crippen molar-refractivity contribution in [3.8, 4) is 0 Å². The smallest absolute Gasteiger partial charge is 0.191 e. The summed E-state index contributed by atoms with van der Waals surface area (Å²) in [5.41, 5.74) is 2.15. The van der Waals surface area contributed by atoms with E-state index in [4.69, 9.17) is 9.52 Å². The Morgan fingerprint density at radius 3 is 2.46 bits per heavy atom. The van der Waals surface area contributed by atoms with Gasteiger partial charge in [0.15, 0.2) is 5.96 Å². The van der Waals surface area contributed by atoms with Crippen LogP contribution in [-0.4, -0.2) is 48.7 Å². The Balaban J connectivity index is 0.00000529. The van der Waals surface area contributed by atoms with Crippen LogP contribution in [0.1, 0.15) is 51.6 Å². The van der Waals surface area contributed by atoms with Crippen molar-refractivity contribution in [1.29, 1.82) is 0 Å². The highest BCUT2D eigenvalue weighted by atomic mass is 127. The molecule has 0 saturated heterocycles. The van der Waals surface area contributed by atoms with Gasteiger partial charge in [-0.05, 0) is 34.2 Å². The van der Waals surface area contributed by atoms with Gasteiger partial charge in [-0.15, -0.1) is 24.0 Å². The molecule has 0 fully saturated rings. The van der Waals surface area contributed by atoms with Crippen molar-refractivity contribution in [3.63, 3.8) is 0 Å². The molecule has 1 heterocycles. The molecule has 0 spiro atoms. The van der Waals surface area contributed by atoms with E-state index in [0.717, 1.165) is 55.5 Å². The van der Waals surface area contributed by atoms with E-state index in [9.17, 15) is 0 Å². The van der Waals surface area contributed by atoms with Crippen molar-refractivity contribution in [3.05, 3.63) is 17.0 Å². The lowest BCUT2D eigenvalue weighted by Crippen LogP contribution is -2.42. The summed E-state index contributed by atoms with van der Waals surface area (Å²) in [6, 6.07) is 0.549. The molecule has 0 bridgehead atoms. The van der Waals surface area contributed by atoms with E-state index in [0.29, 0.717) is 12.6 Å². The van der Waals surface area contributed by atoms with Crippen molar-refractivity contribution in [2.45, 2.75) is 60.0 Å². The minimum Gasteiger partial charge on any atom is -0.361 e. The van der Waals surface area contributed by atoms with Crippen LogP contribution in [0.3, 0.4) is 0 Å². The number of nitrogens with one attached hydrogen (secondary N) is 2. The first kappa shape index (κ1) is 23.2. The number of aryl methyl sites for hydroxylation is 2. The molecule has 6 nitrogen and oxygen atoms in total. The zero-order valence-corrected chi connectivity index (χ0v) is 18.3. The molecule has 0 aliphatic heterocycles. The molecule has 1 aromatic rings. The summed E-state index contributed by atoms with van der Waals surface area (Å²) >= 11 is 0. The van der Waals surface area contributed by atoms with E-state index in [1.54, 1.807) is 0 Å². The SMILES string of the molecule is CCNC(=NCc1c(CC)noc1CC)NCCN(C)C(C)C.I. The molecule has 140 valence electrons.